The van der Waals surface area contributed by atoms with Crippen molar-refractivity contribution in [2.75, 3.05) is 0 Å². The summed E-state index contributed by atoms with van der Waals surface area (Å²) in [5.41, 5.74) is 2.05. The van der Waals surface area contributed by atoms with E-state index in [1.54, 1.807) is 5.33 Å². The molecule has 0 N–H and O–H groups in total. The van der Waals surface area contributed by atoms with Crippen molar-refractivity contribution >= 4 is 19.1 Å². The minimum Gasteiger partial charge on any atom is -0.262 e. The van der Waals surface area contributed by atoms with Crippen LogP contribution in [0, 0.1) is 17.8 Å². The maximum absolute atomic E-state index is 5.36. The molecule has 1 nitrogen and oxygen atoms in total. The fraction of sp³-hybridized carbons (Fsp3) is 0.591. The zero-order valence-corrected chi connectivity index (χ0v) is 17.0. The number of nitrogens with zero attached hydrogens (tertiary/aromatic N) is 1. The van der Waals surface area contributed by atoms with E-state index in [0.717, 1.165) is 29.0 Å². The van der Waals surface area contributed by atoms with Gasteiger partial charge in [-0.3, -0.25) is 4.99 Å². The molecule has 128 valence electrons. The highest BCUT2D eigenvalue weighted by molar-refractivity contribution is 7.16. The van der Waals surface area contributed by atoms with Crippen LogP contribution in [0.15, 0.2) is 47.5 Å². The number of benzene rings is 1. The molecular weight excluding hydrogens is 306 g/mol. The van der Waals surface area contributed by atoms with Crippen LogP contribution in [0.5, 0.6) is 0 Å². The van der Waals surface area contributed by atoms with E-state index < -0.39 is 8.07 Å². The van der Waals surface area contributed by atoms with Crippen LogP contribution in [0.25, 0.3) is 0 Å². The molecule has 2 aliphatic carbocycles. The van der Waals surface area contributed by atoms with Gasteiger partial charge in [0, 0.05) is 11.3 Å². The maximum atomic E-state index is 5.36. The van der Waals surface area contributed by atoms with E-state index in [4.69, 9.17) is 4.99 Å². The van der Waals surface area contributed by atoms with Gasteiger partial charge in [0.1, 0.15) is 8.07 Å². The molecule has 24 heavy (non-hydrogen) atoms. The number of fused-ring (bicyclic) bond motifs is 5. The molecule has 2 heteroatoms. The predicted molar refractivity (Wildman–Crippen MR) is 107 cm³/mol. The molecule has 0 aromatic heterocycles. The Morgan fingerprint density at radius 2 is 1.46 bits per heavy atom. The topological polar surface area (TPSA) is 12.4 Å². The first-order valence-electron chi connectivity index (χ1n) is 9.50. The Kier molecular flexibility index (Phi) is 3.36. The fourth-order valence-corrected chi connectivity index (χ4v) is 15.7. The summed E-state index contributed by atoms with van der Waals surface area (Å²) in [7, 11) is -1.74. The van der Waals surface area contributed by atoms with Gasteiger partial charge >= 0.3 is 0 Å². The lowest BCUT2D eigenvalue weighted by atomic mass is 9.92. The van der Waals surface area contributed by atoms with Crippen LogP contribution in [0.1, 0.15) is 48.0 Å². The summed E-state index contributed by atoms with van der Waals surface area (Å²) in [4.78, 5) is 5.36. The van der Waals surface area contributed by atoms with Gasteiger partial charge in [0.2, 0.25) is 0 Å². The zero-order valence-electron chi connectivity index (χ0n) is 16.0. The molecule has 1 saturated heterocycles. The van der Waals surface area contributed by atoms with E-state index in [9.17, 15) is 0 Å². The third-order valence-electron chi connectivity index (χ3n) is 7.05. The first-order valence-corrected chi connectivity index (χ1v) is 11.6. The van der Waals surface area contributed by atoms with Gasteiger partial charge < -0.3 is 0 Å². The standard InChI is InChI=1S/C22H31NSi/c1-21(2,3)24(22(4,5)6)19-16-13-12-15(14-16)18(19)20(24)23-17-10-8-7-9-11-17/h7-13,15-16,18-19H,14H2,1-6H3. The third-order valence-corrected chi connectivity index (χ3v) is 14.8. The number of hydrogen-bond acceptors (Lipinski definition) is 1. The van der Waals surface area contributed by atoms with Crippen LogP contribution in [0.4, 0.5) is 5.69 Å². The average molecular weight is 338 g/mol. The molecular formula is C22H31NSi. The van der Waals surface area contributed by atoms with Crippen molar-refractivity contribution in [3.8, 4) is 0 Å². The molecule has 1 aliphatic heterocycles. The summed E-state index contributed by atoms with van der Waals surface area (Å²) in [6.07, 6.45) is 6.42. The Morgan fingerprint density at radius 1 is 0.875 bits per heavy atom. The molecule has 1 aromatic carbocycles. The first kappa shape index (κ1) is 16.3. The van der Waals surface area contributed by atoms with Crippen LogP contribution in [-0.2, 0) is 0 Å². The lowest BCUT2D eigenvalue weighted by Gasteiger charge is -2.67. The fourth-order valence-electron chi connectivity index (χ4n) is 6.82. The molecule has 1 heterocycles. The summed E-state index contributed by atoms with van der Waals surface area (Å²) < 4.78 is 0. The largest absolute Gasteiger partial charge is 0.262 e. The Labute approximate surface area is 148 Å². The van der Waals surface area contributed by atoms with E-state index >= 15 is 0 Å². The normalized spacial score (nSPS) is 35.2. The Hall–Kier alpha value is -1.15. The smallest absolute Gasteiger partial charge is 0.120 e. The van der Waals surface area contributed by atoms with Gasteiger partial charge in [0.15, 0.2) is 0 Å². The summed E-state index contributed by atoms with van der Waals surface area (Å²) in [6.45, 7) is 15.0. The highest BCUT2D eigenvalue weighted by atomic mass is 28.3. The summed E-state index contributed by atoms with van der Waals surface area (Å²) in [5.74, 6) is 2.30. The number of allylic oxidation sites excluding steroid dienone is 2. The van der Waals surface area contributed by atoms with Gasteiger partial charge in [-0.15, -0.1) is 0 Å². The van der Waals surface area contributed by atoms with Crippen LogP contribution < -0.4 is 0 Å². The van der Waals surface area contributed by atoms with Crippen molar-refractivity contribution in [1.82, 2.24) is 0 Å². The van der Waals surface area contributed by atoms with Crippen molar-refractivity contribution in [2.24, 2.45) is 22.7 Å². The average Bonchev–Trinajstić information content (AvgIpc) is 3.01. The van der Waals surface area contributed by atoms with Crippen LogP contribution in [0.2, 0.25) is 15.6 Å². The number of rotatable bonds is 1. The monoisotopic (exact) mass is 337 g/mol. The summed E-state index contributed by atoms with van der Waals surface area (Å²) in [6, 6.07) is 10.7. The number of hydrogen-bond donors (Lipinski definition) is 0. The van der Waals surface area contributed by atoms with Crippen molar-refractivity contribution < 1.29 is 0 Å². The second-order valence-corrected chi connectivity index (χ2v) is 15.9. The Morgan fingerprint density at radius 3 is 2.04 bits per heavy atom. The third kappa shape index (κ3) is 1.89. The SMILES string of the molecule is CC(C)(C)[Si]1(C(C)(C)C)C(=Nc2ccccc2)C2C3C=CC(C3)C21. The molecule has 2 bridgehead atoms. The van der Waals surface area contributed by atoms with E-state index in [1.165, 1.54) is 6.42 Å². The first-order chi connectivity index (χ1) is 11.2. The quantitative estimate of drug-likeness (QED) is 0.407. The molecule has 4 atom stereocenters. The summed E-state index contributed by atoms with van der Waals surface area (Å²) >= 11 is 0. The second kappa shape index (κ2) is 4.94. The molecule has 1 saturated carbocycles. The van der Waals surface area contributed by atoms with Gasteiger partial charge in [-0.2, -0.15) is 0 Å². The zero-order chi connectivity index (χ0) is 17.3. The van der Waals surface area contributed by atoms with Crippen LogP contribution in [0.3, 0.4) is 0 Å². The number of aliphatic imine (C=N–C) groups is 1. The molecule has 2 fully saturated rings. The lowest BCUT2D eigenvalue weighted by molar-refractivity contribution is 0.471. The minimum absolute atomic E-state index is 0.346. The highest BCUT2D eigenvalue weighted by Gasteiger charge is 2.76. The molecule has 0 amide bonds. The summed E-state index contributed by atoms with van der Waals surface area (Å²) in [5, 5.41) is 2.31. The molecule has 3 aliphatic rings. The van der Waals surface area contributed by atoms with Gasteiger partial charge in [0.05, 0.1) is 5.69 Å². The van der Waals surface area contributed by atoms with Crippen molar-refractivity contribution in [3.05, 3.63) is 42.5 Å². The lowest BCUT2D eigenvalue weighted by Crippen LogP contribution is -2.74. The molecule has 4 unspecified atom stereocenters. The maximum Gasteiger partial charge on any atom is 0.120 e. The van der Waals surface area contributed by atoms with Gasteiger partial charge in [-0.1, -0.05) is 71.9 Å². The number of para-hydroxylation sites is 1. The highest BCUT2D eigenvalue weighted by Crippen LogP contribution is 2.75. The van der Waals surface area contributed by atoms with Crippen molar-refractivity contribution in [3.63, 3.8) is 0 Å². The van der Waals surface area contributed by atoms with Gasteiger partial charge in [-0.25, -0.2) is 0 Å². The predicted octanol–water partition coefficient (Wildman–Crippen LogP) is 6.55. The van der Waals surface area contributed by atoms with Crippen molar-refractivity contribution in [2.45, 2.75) is 63.6 Å². The van der Waals surface area contributed by atoms with Gasteiger partial charge in [-0.05, 0) is 46.0 Å². The molecule has 0 spiro atoms. The second-order valence-electron chi connectivity index (χ2n) is 10.1. The van der Waals surface area contributed by atoms with E-state index in [0.29, 0.717) is 10.1 Å². The molecule has 0 radical (unpaired) electrons. The Bertz CT molecular complexity index is 688. The minimum atomic E-state index is -1.74. The molecule has 1 aromatic rings. The van der Waals surface area contributed by atoms with Gasteiger partial charge in [0.25, 0.3) is 0 Å². The van der Waals surface area contributed by atoms with Crippen molar-refractivity contribution in [1.29, 1.82) is 0 Å². The van der Waals surface area contributed by atoms with Crippen LogP contribution in [-0.4, -0.2) is 13.4 Å². The van der Waals surface area contributed by atoms with E-state index in [1.807, 2.05) is 0 Å². The van der Waals surface area contributed by atoms with Crippen LogP contribution >= 0.6 is 0 Å². The van der Waals surface area contributed by atoms with E-state index in [2.05, 4.69) is 84.0 Å². The van der Waals surface area contributed by atoms with E-state index in [-0.39, 0.29) is 0 Å². The Balaban J connectivity index is 1.92. The molecule has 4 rings (SSSR count).